The highest BCUT2D eigenvalue weighted by Gasteiger charge is 2.09. The Hall–Kier alpha value is -3.14. The molecule has 7 nitrogen and oxygen atoms in total. The predicted octanol–water partition coefficient (Wildman–Crippen LogP) is 4.79. The third-order valence-electron chi connectivity index (χ3n) is 4.53. The zero-order valence-electron chi connectivity index (χ0n) is 17.3. The largest absolute Gasteiger partial charge is 0.444 e. The maximum atomic E-state index is 5.84. The van der Waals surface area contributed by atoms with Crippen molar-refractivity contribution in [3.63, 3.8) is 0 Å². The molecule has 2 aromatic heterocycles. The second kappa shape index (κ2) is 10.8. The maximum absolute atomic E-state index is 5.84. The number of halogens is 1. The Morgan fingerprint density at radius 1 is 0.968 bits per heavy atom. The molecule has 0 unspecified atom stereocenters. The summed E-state index contributed by atoms with van der Waals surface area (Å²) < 4.78 is 11.4. The summed E-state index contributed by atoms with van der Waals surface area (Å²) in [6, 6.07) is 17.9. The van der Waals surface area contributed by atoms with Crippen molar-refractivity contribution in [1.82, 2.24) is 20.6 Å². The van der Waals surface area contributed by atoms with Crippen molar-refractivity contribution >= 4 is 29.9 Å². The van der Waals surface area contributed by atoms with Gasteiger partial charge in [-0.05, 0) is 19.1 Å². The molecule has 160 valence electrons. The highest BCUT2D eigenvalue weighted by Crippen LogP contribution is 2.21. The van der Waals surface area contributed by atoms with Gasteiger partial charge in [-0.3, -0.25) is 4.99 Å². The van der Waals surface area contributed by atoms with E-state index in [0.29, 0.717) is 30.8 Å². The van der Waals surface area contributed by atoms with E-state index in [1.54, 1.807) is 19.5 Å². The summed E-state index contributed by atoms with van der Waals surface area (Å²) in [4.78, 5) is 13.1. The maximum Gasteiger partial charge on any atom is 0.226 e. The van der Waals surface area contributed by atoms with E-state index in [0.717, 1.165) is 22.6 Å². The molecule has 0 radical (unpaired) electrons. The fourth-order valence-corrected chi connectivity index (χ4v) is 2.90. The number of nitrogens with one attached hydrogen (secondary N) is 2. The Bertz CT molecular complexity index is 1120. The van der Waals surface area contributed by atoms with Crippen LogP contribution in [0.4, 0.5) is 0 Å². The van der Waals surface area contributed by atoms with Crippen molar-refractivity contribution in [1.29, 1.82) is 0 Å². The molecule has 0 saturated carbocycles. The van der Waals surface area contributed by atoms with Crippen LogP contribution >= 0.6 is 24.0 Å². The van der Waals surface area contributed by atoms with Gasteiger partial charge >= 0.3 is 0 Å². The molecule has 0 fully saturated rings. The van der Waals surface area contributed by atoms with Crippen molar-refractivity contribution in [2.45, 2.75) is 20.0 Å². The van der Waals surface area contributed by atoms with Crippen LogP contribution in [0.3, 0.4) is 0 Å². The molecule has 0 atom stereocenters. The molecule has 0 spiro atoms. The van der Waals surface area contributed by atoms with E-state index < -0.39 is 0 Å². The van der Waals surface area contributed by atoms with E-state index in [2.05, 4.69) is 44.7 Å². The average molecular weight is 529 g/mol. The van der Waals surface area contributed by atoms with Crippen LogP contribution in [0, 0.1) is 6.92 Å². The zero-order chi connectivity index (χ0) is 20.8. The van der Waals surface area contributed by atoms with E-state index in [9.17, 15) is 0 Å². The molecule has 0 aliphatic rings. The SMILES string of the molecule is CN=C(NCc1coc(-c2ccccc2)n1)NCc1ncc(-c2ccc(C)cc2)o1.I. The lowest BCUT2D eigenvalue weighted by Gasteiger charge is -2.09. The smallest absolute Gasteiger partial charge is 0.226 e. The van der Waals surface area contributed by atoms with Crippen LogP contribution in [0.25, 0.3) is 22.8 Å². The highest BCUT2D eigenvalue weighted by molar-refractivity contribution is 14.0. The van der Waals surface area contributed by atoms with Gasteiger partial charge < -0.3 is 19.5 Å². The van der Waals surface area contributed by atoms with Gasteiger partial charge in [-0.25, -0.2) is 9.97 Å². The molecule has 8 heteroatoms. The summed E-state index contributed by atoms with van der Waals surface area (Å²) in [6.45, 7) is 2.95. The Balaban J connectivity index is 0.00000272. The van der Waals surface area contributed by atoms with Crippen LogP contribution in [-0.4, -0.2) is 23.0 Å². The number of guanidine groups is 1. The van der Waals surface area contributed by atoms with E-state index in [4.69, 9.17) is 8.83 Å². The number of aryl methyl sites for hydroxylation is 1. The normalized spacial score (nSPS) is 11.1. The first-order chi connectivity index (χ1) is 14.7. The van der Waals surface area contributed by atoms with E-state index in [1.807, 2.05) is 42.5 Å². The van der Waals surface area contributed by atoms with Crippen LogP contribution in [0.15, 0.2) is 80.9 Å². The van der Waals surface area contributed by atoms with E-state index >= 15 is 0 Å². The van der Waals surface area contributed by atoms with Gasteiger partial charge in [-0.2, -0.15) is 0 Å². The first-order valence-electron chi connectivity index (χ1n) is 9.67. The Morgan fingerprint density at radius 3 is 2.45 bits per heavy atom. The minimum absolute atomic E-state index is 0. The topological polar surface area (TPSA) is 88.5 Å². The molecule has 2 heterocycles. The van der Waals surface area contributed by atoms with Crippen LogP contribution < -0.4 is 10.6 Å². The molecule has 4 rings (SSSR count). The third kappa shape index (κ3) is 5.94. The number of aromatic nitrogens is 2. The standard InChI is InChI=1S/C23H23N5O2.HI/c1-16-8-10-17(11-9-16)20-13-25-21(30-20)14-27-23(24-2)26-12-19-15-29-22(28-19)18-6-4-3-5-7-18;/h3-11,13,15H,12,14H2,1-2H3,(H2,24,26,27);1H. The second-order valence-electron chi connectivity index (χ2n) is 6.77. The first-order valence-corrected chi connectivity index (χ1v) is 9.67. The van der Waals surface area contributed by atoms with Crippen LogP contribution in [0.5, 0.6) is 0 Å². The zero-order valence-corrected chi connectivity index (χ0v) is 19.7. The molecule has 2 aromatic carbocycles. The Labute approximate surface area is 198 Å². The van der Waals surface area contributed by atoms with Crippen molar-refractivity contribution in [3.8, 4) is 22.8 Å². The van der Waals surface area contributed by atoms with Crippen LogP contribution in [0.1, 0.15) is 17.1 Å². The minimum Gasteiger partial charge on any atom is -0.444 e. The van der Waals surface area contributed by atoms with Gasteiger partial charge in [-0.15, -0.1) is 24.0 Å². The van der Waals surface area contributed by atoms with Gasteiger partial charge in [0.25, 0.3) is 0 Å². The molecular weight excluding hydrogens is 505 g/mol. The molecule has 2 N–H and O–H groups in total. The van der Waals surface area contributed by atoms with E-state index in [-0.39, 0.29) is 24.0 Å². The van der Waals surface area contributed by atoms with Gasteiger partial charge in [0.1, 0.15) is 6.26 Å². The lowest BCUT2D eigenvalue weighted by Crippen LogP contribution is -2.36. The number of nitrogens with zero attached hydrogens (tertiary/aromatic N) is 3. The van der Waals surface area contributed by atoms with Crippen molar-refractivity contribution in [2.24, 2.45) is 4.99 Å². The first kappa shape index (κ1) is 22.5. The summed E-state index contributed by atoms with van der Waals surface area (Å²) in [5, 5.41) is 6.41. The van der Waals surface area contributed by atoms with Crippen LogP contribution in [0.2, 0.25) is 0 Å². The lowest BCUT2D eigenvalue weighted by atomic mass is 10.1. The summed E-state index contributed by atoms with van der Waals surface area (Å²) in [5.41, 5.74) is 3.94. The van der Waals surface area contributed by atoms with Crippen molar-refractivity contribution < 1.29 is 8.83 Å². The average Bonchev–Trinajstić information content (AvgIpc) is 3.45. The number of hydrogen-bond acceptors (Lipinski definition) is 5. The fraction of sp³-hybridized carbons (Fsp3) is 0.174. The number of benzene rings is 2. The lowest BCUT2D eigenvalue weighted by molar-refractivity contribution is 0.497. The molecule has 0 aliphatic heterocycles. The molecule has 31 heavy (non-hydrogen) atoms. The van der Waals surface area contributed by atoms with Crippen molar-refractivity contribution in [3.05, 3.63) is 84.2 Å². The van der Waals surface area contributed by atoms with Gasteiger partial charge in [0.05, 0.1) is 25.0 Å². The molecule has 0 bridgehead atoms. The summed E-state index contributed by atoms with van der Waals surface area (Å²) in [5.74, 6) is 2.54. The van der Waals surface area contributed by atoms with Crippen LogP contribution in [-0.2, 0) is 13.1 Å². The molecule has 0 saturated heterocycles. The Kier molecular flexibility index (Phi) is 7.82. The van der Waals surface area contributed by atoms with Gasteiger partial charge in [-0.1, -0.05) is 48.0 Å². The van der Waals surface area contributed by atoms with Gasteiger partial charge in [0.15, 0.2) is 11.7 Å². The fourth-order valence-electron chi connectivity index (χ4n) is 2.90. The predicted molar refractivity (Wildman–Crippen MR) is 131 cm³/mol. The summed E-state index contributed by atoms with van der Waals surface area (Å²) in [6.07, 6.45) is 3.38. The third-order valence-corrected chi connectivity index (χ3v) is 4.53. The highest BCUT2D eigenvalue weighted by atomic mass is 127. The quantitative estimate of drug-likeness (QED) is 0.212. The molecule has 0 amide bonds. The van der Waals surface area contributed by atoms with E-state index in [1.165, 1.54) is 5.56 Å². The number of rotatable bonds is 6. The van der Waals surface area contributed by atoms with Crippen molar-refractivity contribution in [2.75, 3.05) is 7.05 Å². The number of oxazole rings is 2. The molecular formula is C23H24IN5O2. The number of hydrogen-bond donors (Lipinski definition) is 2. The second-order valence-corrected chi connectivity index (χ2v) is 6.77. The van der Waals surface area contributed by atoms with Gasteiger partial charge in [0.2, 0.25) is 11.8 Å². The summed E-state index contributed by atoms with van der Waals surface area (Å²) >= 11 is 0. The molecule has 0 aliphatic carbocycles. The minimum atomic E-state index is 0. The Morgan fingerprint density at radius 2 is 1.71 bits per heavy atom. The number of aliphatic imine (C=N–C) groups is 1. The summed E-state index contributed by atoms with van der Waals surface area (Å²) in [7, 11) is 1.71. The monoisotopic (exact) mass is 529 g/mol. The molecule has 4 aromatic rings. The van der Waals surface area contributed by atoms with Gasteiger partial charge in [0, 0.05) is 18.2 Å².